The van der Waals surface area contributed by atoms with E-state index in [1.54, 1.807) is 18.2 Å². The fourth-order valence-corrected chi connectivity index (χ4v) is 2.33. The summed E-state index contributed by atoms with van der Waals surface area (Å²) < 4.78 is 16.4. The van der Waals surface area contributed by atoms with E-state index >= 15 is 0 Å². The minimum atomic E-state index is -0.366. The Morgan fingerprint density at radius 2 is 1.75 bits per heavy atom. The molecule has 0 aliphatic carbocycles. The van der Waals surface area contributed by atoms with Crippen LogP contribution >= 0.6 is 0 Å². The number of nitrogens with one attached hydrogen (secondary N) is 1. The second-order valence-corrected chi connectivity index (χ2v) is 5.09. The Balaban J connectivity index is 1.51. The van der Waals surface area contributed by atoms with Gasteiger partial charge in [0.25, 0.3) is 5.91 Å². The van der Waals surface area contributed by atoms with Gasteiger partial charge in [-0.25, -0.2) is 0 Å². The van der Waals surface area contributed by atoms with Gasteiger partial charge in [0.1, 0.15) is 13.2 Å². The second-order valence-electron chi connectivity index (χ2n) is 5.09. The van der Waals surface area contributed by atoms with Gasteiger partial charge in [0.2, 0.25) is 5.89 Å². The summed E-state index contributed by atoms with van der Waals surface area (Å²) in [5, 5.41) is 10.3. The Labute approximate surface area is 137 Å². The van der Waals surface area contributed by atoms with Crippen molar-refractivity contribution in [1.82, 2.24) is 10.2 Å². The first-order valence-corrected chi connectivity index (χ1v) is 7.39. The number of carbonyl (C=O) groups excluding carboxylic acids is 1. The normalized spacial score (nSPS) is 12.7. The molecule has 3 aromatic rings. The summed E-state index contributed by atoms with van der Waals surface area (Å²) in [5.74, 6) is 1.15. The van der Waals surface area contributed by atoms with Crippen LogP contribution in [0.25, 0.3) is 11.5 Å². The lowest BCUT2D eigenvalue weighted by atomic mass is 10.2. The number of benzene rings is 2. The summed E-state index contributed by atoms with van der Waals surface area (Å²) in [6.45, 7) is 0.963. The van der Waals surface area contributed by atoms with E-state index in [2.05, 4.69) is 15.5 Å². The molecule has 0 fully saturated rings. The smallest absolute Gasteiger partial charge is 0.322 e. The van der Waals surface area contributed by atoms with E-state index in [9.17, 15) is 4.79 Å². The minimum Gasteiger partial charge on any atom is -0.486 e. The number of nitrogens with zero attached hydrogens (tertiary/aromatic N) is 2. The molecule has 0 saturated carbocycles. The number of anilines is 1. The third-order valence-corrected chi connectivity index (χ3v) is 3.47. The van der Waals surface area contributed by atoms with Crippen LogP contribution in [0.1, 0.15) is 10.4 Å². The topological polar surface area (TPSA) is 86.5 Å². The third kappa shape index (κ3) is 2.79. The van der Waals surface area contributed by atoms with Crippen molar-refractivity contribution in [2.75, 3.05) is 18.5 Å². The quantitative estimate of drug-likeness (QED) is 0.797. The molecule has 24 heavy (non-hydrogen) atoms. The average Bonchev–Trinajstić information content (AvgIpc) is 3.10. The average molecular weight is 323 g/mol. The van der Waals surface area contributed by atoms with Crippen molar-refractivity contribution in [3.8, 4) is 23.0 Å². The SMILES string of the molecule is O=C(Nc1nnc(-c2ccccc2)o1)c1ccc2c(c1)OCCO2. The molecule has 0 saturated heterocycles. The predicted octanol–water partition coefficient (Wildman–Crippen LogP) is 2.76. The molecule has 0 radical (unpaired) electrons. The predicted molar refractivity (Wildman–Crippen MR) is 85.1 cm³/mol. The standard InChI is InChI=1S/C17H13N3O4/c21-15(12-6-7-13-14(10-12)23-9-8-22-13)18-17-20-19-16(24-17)11-4-2-1-3-5-11/h1-7,10H,8-9H2,(H,18,20,21). The maximum atomic E-state index is 12.3. The van der Waals surface area contributed by atoms with E-state index in [1.165, 1.54) is 0 Å². The molecule has 0 spiro atoms. The van der Waals surface area contributed by atoms with Gasteiger partial charge in [-0.15, -0.1) is 5.10 Å². The number of hydrogen-bond acceptors (Lipinski definition) is 6. The van der Waals surface area contributed by atoms with Gasteiger partial charge < -0.3 is 13.9 Å². The number of amides is 1. The summed E-state index contributed by atoms with van der Waals surface area (Å²) in [6.07, 6.45) is 0. The molecular weight excluding hydrogens is 310 g/mol. The van der Waals surface area contributed by atoms with Crippen molar-refractivity contribution in [2.24, 2.45) is 0 Å². The Hall–Kier alpha value is -3.35. The molecule has 1 aliphatic rings. The minimum absolute atomic E-state index is 0.0359. The molecular formula is C17H13N3O4. The van der Waals surface area contributed by atoms with Gasteiger partial charge in [0.15, 0.2) is 11.5 Å². The highest BCUT2D eigenvalue weighted by Gasteiger charge is 2.17. The maximum Gasteiger partial charge on any atom is 0.322 e. The molecule has 2 heterocycles. The van der Waals surface area contributed by atoms with E-state index in [4.69, 9.17) is 13.9 Å². The van der Waals surface area contributed by atoms with Crippen molar-refractivity contribution in [1.29, 1.82) is 0 Å². The first-order chi connectivity index (χ1) is 11.8. The zero-order valence-electron chi connectivity index (χ0n) is 12.6. The van der Waals surface area contributed by atoms with Crippen molar-refractivity contribution in [2.45, 2.75) is 0 Å². The maximum absolute atomic E-state index is 12.3. The summed E-state index contributed by atoms with van der Waals surface area (Å²) in [7, 11) is 0. The van der Waals surface area contributed by atoms with Crippen LogP contribution in [0.2, 0.25) is 0 Å². The lowest BCUT2D eigenvalue weighted by molar-refractivity contribution is 0.102. The van der Waals surface area contributed by atoms with Crippen LogP contribution in [0.5, 0.6) is 11.5 Å². The van der Waals surface area contributed by atoms with Gasteiger partial charge in [0, 0.05) is 11.1 Å². The molecule has 4 rings (SSSR count). The zero-order valence-corrected chi connectivity index (χ0v) is 12.6. The second kappa shape index (κ2) is 6.04. The monoisotopic (exact) mass is 323 g/mol. The van der Waals surface area contributed by atoms with Crippen molar-refractivity contribution in [3.63, 3.8) is 0 Å². The first kappa shape index (κ1) is 14.3. The Morgan fingerprint density at radius 3 is 2.58 bits per heavy atom. The molecule has 0 unspecified atom stereocenters. The molecule has 2 aromatic carbocycles. The van der Waals surface area contributed by atoms with Crippen molar-refractivity contribution in [3.05, 3.63) is 54.1 Å². The lowest BCUT2D eigenvalue weighted by Crippen LogP contribution is -2.17. The van der Waals surface area contributed by atoms with Crippen LogP contribution in [0.4, 0.5) is 6.01 Å². The number of fused-ring (bicyclic) bond motifs is 1. The fraction of sp³-hybridized carbons (Fsp3) is 0.118. The molecule has 1 aromatic heterocycles. The first-order valence-electron chi connectivity index (χ1n) is 7.39. The largest absolute Gasteiger partial charge is 0.486 e. The summed E-state index contributed by atoms with van der Waals surface area (Å²) >= 11 is 0. The van der Waals surface area contributed by atoms with Gasteiger partial charge in [0.05, 0.1) is 0 Å². The van der Waals surface area contributed by atoms with Crippen LogP contribution in [-0.2, 0) is 0 Å². The van der Waals surface area contributed by atoms with Gasteiger partial charge >= 0.3 is 6.01 Å². The summed E-state index contributed by atoms with van der Waals surface area (Å²) in [5.41, 5.74) is 1.20. The Morgan fingerprint density at radius 1 is 0.958 bits per heavy atom. The number of hydrogen-bond donors (Lipinski definition) is 1. The van der Waals surface area contributed by atoms with Crippen LogP contribution in [-0.4, -0.2) is 29.3 Å². The summed E-state index contributed by atoms with van der Waals surface area (Å²) in [6, 6.07) is 14.3. The molecule has 1 N–H and O–H groups in total. The molecule has 120 valence electrons. The van der Waals surface area contributed by atoms with Crippen molar-refractivity contribution < 1.29 is 18.7 Å². The number of ether oxygens (including phenoxy) is 2. The number of aromatic nitrogens is 2. The van der Waals surface area contributed by atoms with E-state index < -0.39 is 0 Å². The summed E-state index contributed by atoms with van der Waals surface area (Å²) in [4.78, 5) is 12.3. The molecule has 1 amide bonds. The molecule has 7 nitrogen and oxygen atoms in total. The molecule has 7 heteroatoms. The van der Waals surface area contributed by atoms with Crippen LogP contribution in [0.15, 0.2) is 52.9 Å². The fourth-order valence-electron chi connectivity index (χ4n) is 2.33. The Bertz CT molecular complexity index is 877. The van der Waals surface area contributed by atoms with Gasteiger partial charge in [-0.3, -0.25) is 10.1 Å². The van der Waals surface area contributed by atoms with Gasteiger partial charge in [-0.2, -0.15) is 0 Å². The van der Waals surface area contributed by atoms with Gasteiger partial charge in [-0.05, 0) is 30.3 Å². The number of rotatable bonds is 3. The number of carbonyl (C=O) groups is 1. The van der Waals surface area contributed by atoms with Crippen LogP contribution in [0.3, 0.4) is 0 Å². The van der Waals surface area contributed by atoms with Crippen LogP contribution < -0.4 is 14.8 Å². The Kier molecular flexibility index (Phi) is 3.59. The van der Waals surface area contributed by atoms with Crippen LogP contribution in [0, 0.1) is 0 Å². The third-order valence-electron chi connectivity index (χ3n) is 3.47. The van der Waals surface area contributed by atoms with E-state index in [0.717, 1.165) is 5.56 Å². The zero-order chi connectivity index (χ0) is 16.4. The van der Waals surface area contributed by atoms with E-state index in [1.807, 2.05) is 30.3 Å². The van der Waals surface area contributed by atoms with E-state index in [0.29, 0.717) is 36.2 Å². The van der Waals surface area contributed by atoms with E-state index in [-0.39, 0.29) is 11.9 Å². The van der Waals surface area contributed by atoms with Gasteiger partial charge in [-0.1, -0.05) is 23.3 Å². The van der Waals surface area contributed by atoms with Crippen molar-refractivity contribution >= 4 is 11.9 Å². The lowest BCUT2D eigenvalue weighted by Gasteiger charge is -2.18. The highest BCUT2D eigenvalue weighted by atomic mass is 16.6. The highest BCUT2D eigenvalue weighted by molar-refractivity contribution is 6.03. The molecule has 0 bridgehead atoms. The molecule has 0 atom stereocenters. The molecule has 1 aliphatic heterocycles. The highest BCUT2D eigenvalue weighted by Crippen LogP contribution is 2.31.